The zero-order valence-corrected chi connectivity index (χ0v) is 15.3. The number of furan rings is 1. The highest BCUT2D eigenvalue weighted by Crippen LogP contribution is 2.19. The highest BCUT2D eigenvalue weighted by molar-refractivity contribution is 6.03. The standard InChI is InChI=1S/C20H21N5O3/c26-19(23-14-4-2-1-3-5-14)17-10-11-18(28-17)20(27)24-15-6-8-16(9-7-15)25-13-21-12-22-25/h6-14H,1-5H2,(H,23,26)(H,24,27). The Balaban J connectivity index is 1.36. The number of carbonyl (C=O) groups is 2. The van der Waals surface area contributed by atoms with Crippen LogP contribution in [-0.4, -0.2) is 32.6 Å². The molecule has 8 nitrogen and oxygen atoms in total. The van der Waals surface area contributed by atoms with Crippen LogP contribution in [0, 0.1) is 0 Å². The third kappa shape index (κ3) is 4.11. The molecule has 0 radical (unpaired) electrons. The maximum atomic E-state index is 12.4. The molecule has 0 atom stereocenters. The van der Waals surface area contributed by atoms with Crippen molar-refractivity contribution in [3.05, 3.63) is 60.6 Å². The SMILES string of the molecule is O=C(Nc1ccc(-n2cncn2)cc1)c1ccc(C(=O)NC2CCCCC2)o1. The third-order valence-electron chi connectivity index (χ3n) is 4.80. The van der Waals surface area contributed by atoms with E-state index in [-0.39, 0.29) is 23.5 Å². The highest BCUT2D eigenvalue weighted by Gasteiger charge is 2.20. The molecular weight excluding hydrogens is 358 g/mol. The van der Waals surface area contributed by atoms with Crippen LogP contribution in [0.4, 0.5) is 5.69 Å². The minimum atomic E-state index is -0.412. The minimum Gasteiger partial charge on any atom is -0.446 e. The largest absolute Gasteiger partial charge is 0.446 e. The van der Waals surface area contributed by atoms with Crippen LogP contribution < -0.4 is 10.6 Å². The molecule has 1 fully saturated rings. The van der Waals surface area contributed by atoms with Gasteiger partial charge >= 0.3 is 0 Å². The van der Waals surface area contributed by atoms with Gasteiger partial charge in [-0.15, -0.1) is 0 Å². The molecule has 0 unspecified atom stereocenters. The zero-order chi connectivity index (χ0) is 19.3. The topological polar surface area (TPSA) is 102 Å². The van der Waals surface area contributed by atoms with Gasteiger partial charge in [-0.25, -0.2) is 9.67 Å². The number of nitrogens with zero attached hydrogens (tertiary/aromatic N) is 3. The van der Waals surface area contributed by atoms with Gasteiger partial charge in [-0.05, 0) is 49.2 Å². The number of anilines is 1. The summed E-state index contributed by atoms with van der Waals surface area (Å²) >= 11 is 0. The maximum Gasteiger partial charge on any atom is 0.291 e. The molecule has 1 aliphatic carbocycles. The van der Waals surface area contributed by atoms with Gasteiger partial charge in [-0.3, -0.25) is 9.59 Å². The van der Waals surface area contributed by atoms with Gasteiger partial charge in [-0.1, -0.05) is 19.3 Å². The number of carbonyl (C=O) groups excluding carboxylic acids is 2. The summed E-state index contributed by atoms with van der Waals surface area (Å²) in [6, 6.07) is 10.4. The van der Waals surface area contributed by atoms with Crippen LogP contribution in [0.25, 0.3) is 5.69 Å². The van der Waals surface area contributed by atoms with Gasteiger partial charge in [0, 0.05) is 11.7 Å². The number of hydrogen-bond acceptors (Lipinski definition) is 5. The number of nitrogens with one attached hydrogen (secondary N) is 2. The van der Waals surface area contributed by atoms with E-state index in [4.69, 9.17) is 4.42 Å². The van der Waals surface area contributed by atoms with Crippen LogP contribution in [0.15, 0.2) is 53.5 Å². The lowest BCUT2D eigenvalue weighted by molar-refractivity contribution is 0.0894. The van der Waals surface area contributed by atoms with E-state index >= 15 is 0 Å². The molecule has 2 heterocycles. The van der Waals surface area contributed by atoms with Crippen LogP contribution in [-0.2, 0) is 0 Å². The molecule has 28 heavy (non-hydrogen) atoms. The van der Waals surface area contributed by atoms with Crippen molar-refractivity contribution in [1.29, 1.82) is 0 Å². The van der Waals surface area contributed by atoms with Gasteiger partial charge in [-0.2, -0.15) is 5.10 Å². The second kappa shape index (κ2) is 8.08. The molecule has 1 aromatic carbocycles. The summed E-state index contributed by atoms with van der Waals surface area (Å²) in [6.45, 7) is 0. The zero-order valence-electron chi connectivity index (χ0n) is 15.3. The molecule has 144 valence electrons. The van der Waals surface area contributed by atoms with Gasteiger partial charge in [0.1, 0.15) is 12.7 Å². The molecule has 2 N–H and O–H groups in total. The molecule has 0 spiro atoms. The quantitative estimate of drug-likeness (QED) is 0.709. The Kier molecular flexibility index (Phi) is 5.18. The molecule has 2 aromatic heterocycles. The Morgan fingerprint density at radius 1 is 0.964 bits per heavy atom. The molecule has 0 aliphatic heterocycles. The highest BCUT2D eigenvalue weighted by atomic mass is 16.4. The molecule has 0 saturated heterocycles. The predicted octanol–water partition coefficient (Wildman–Crippen LogP) is 3.18. The van der Waals surface area contributed by atoms with E-state index in [9.17, 15) is 9.59 Å². The van der Waals surface area contributed by atoms with Crippen molar-refractivity contribution in [1.82, 2.24) is 20.1 Å². The molecule has 4 rings (SSSR count). The smallest absolute Gasteiger partial charge is 0.291 e. The Labute approximate surface area is 162 Å². The van der Waals surface area contributed by atoms with Gasteiger partial charge in [0.25, 0.3) is 11.8 Å². The number of aromatic nitrogens is 3. The van der Waals surface area contributed by atoms with Crippen molar-refractivity contribution in [2.24, 2.45) is 0 Å². The maximum absolute atomic E-state index is 12.4. The second-order valence-electron chi connectivity index (χ2n) is 6.81. The van der Waals surface area contributed by atoms with Gasteiger partial charge < -0.3 is 15.1 Å². The summed E-state index contributed by atoms with van der Waals surface area (Å²) in [5, 5.41) is 9.78. The average molecular weight is 379 g/mol. The summed E-state index contributed by atoms with van der Waals surface area (Å²) in [4.78, 5) is 28.6. The predicted molar refractivity (Wildman–Crippen MR) is 102 cm³/mol. The van der Waals surface area contributed by atoms with Gasteiger partial charge in [0.05, 0.1) is 5.69 Å². The molecule has 1 saturated carbocycles. The number of benzene rings is 1. The summed E-state index contributed by atoms with van der Waals surface area (Å²) < 4.78 is 7.08. The van der Waals surface area contributed by atoms with Gasteiger partial charge in [0.15, 0.2) is 11.5 Å². The van der Waals surface area contributed by atoms with E-state index in [1.165, 1.54) is 24.9 Å². The minimum absolute atomic E-state index is 0.0918. The first-order valence-corrected chi connectivity index (χ1v) is 9.36. The number of hydrogen-bond donors (Lipinski definition) is 2. The first-order valence-electron chi connectivity index (χ1n) is 9.36. The monoisotopic (exact) mass is 379 g/mol. The van der Waals surface area contributed by atoms with E-state index in [1.54, 1.807) is 23.1 Å². The summed E-state index contributed by atoms with van der Waals surface area (Å²) in [5.41, 5.74) is 1.44. The summed E-state index contributed by atoms with van der Waals surface area (Å²) in [7, 11) is 0. The molecular formula is C20H21N5O3. The lowest BCUT2D eigenvalue weighted by Crippen LogP contribution is -2.35. The number of amides is 2. The first-order chi connectivity index (χ1) is 13.7. The Morgan fingerprint density at radius 3 is 2.36 bits per heavy atom. The van der Waals surface area contributed by atoms with Crippen LogP contribution in [0.2, 0.25) is 0 Å². The molecule has 3 aromatic rings. The summed E-state index contributed by atoms with van der Waals surface area (Å²) in [6.07, 6.45) is 8.51. The molecule has 1 aliphatic rings. The van der Waals surface area contributed by atoms with E-state index in [1.807, 2.05) is 12.1 Å². The van der Waals surface area contributed by atoms with Crippen molar-refractivity contribution in [2.45, 2.75) is 38.1 Å². The van der Waals surface area contributed by atoms with Crippen molar-refractivity contribution in [2.75, 3.05) is 5.32 Å². The van der Waals surface area contributed by atoms with Crippen molar-refractivity contribution in [3.63, 3.8) is 0 Å². The Morgan fingerprint density at radius 2 is 1.68 bits per heavy atom. The van der Waals surface area contributed by atoms with Crippen LogP contribution >= 0.6 is 0 Å². The normalized spacial score (nSPS) is 14.6. The molecule has 8 heteroatoms. The third-order valence-corrected chi connectivity index (χ3v) is 4.80. The van der Waals surface area contributed by atoms with E-state index in [0.717, 1.165) is 31.4 Å². The average Bonchev–Trinajstić information content (AvgIpc) is 3.42. The fourth-order valence-corrected chi connectivity index (χ4v) is 3.32. The van der Waals surface area contributed by atoms with Crippen LogP contribution in [0.5, 0.6) is 0 Å². The van der Waals surface area contributed by atoms with Gasteiger partial charge in [0.2, 0.25) is 0 Å². The first kappa shape index (κ1) is 18.0. The van der Waals surface area contributed by atoms with Crippen LogP contribution in [0.3, 0.4) is 0 Å². The lowest BCUT2D eigenvalue weighted by atomic mass is 9.95. The van der Waals surface area contributed by atoms with E-state index in [0.29, 0.717) is 5.69 Å². The Hall–Kier alpha value is -3.42. The fourth-order valence-electron chi connectivity index (χ4n) is 3.32. The molecule has 2 amide bonds. The van der Waals surface area contributed by atoms with E-state index in [2.05, 4.69) is 20.7 Å². The van der Waals surface area contributed by atoms with Crippen molar-refractivity contribution < 1.29 is 14.0 Å². The Bertz CT molecular complexity index is 941. The molecule has 0 bridgehead atoms. The second-order valence-corrected chi connectivity index (χ2v) is 6.81. The van der Waals surface area contributed by atoms with E-state index < -0.39 is 5.91 Å². The fraction of sp³-hybridized carbons (Fsp3) is 0.300. The van der Waals surface area contributed by atoms with Crippen molar-refractivity contribution in [3.8, 4) is 5.69 Å². The number of rotatable bonds is 5. The van der Waals surface area contributed by atoms with Crippen LogP contribution in [0.1, 0.15) is 53.2 Å². The lowest BCUT2D eigenvalue weighted by Gasteiger charge is -2.22. The summed E-state index contributed by atoms with van der Waals surface area (Å²) in [5.74, 6) is -0.445. The van der Waals surface area contributed by atoms with Crippen molar-refractivity contribution >= 4 is 17.5 Å².